The lowest BCUT2D eigenvalue weighted by Crippen LogP contribution is -2.35. The van der Waals surface area contributed by atoms with Gasteiger partial charge in [0.05, 0.1) is 7.11 Å². The molecule has 2 heterocycles. The molecule has 1 amide bonds. The molecular formula is C19H21N3O3. The van der Waals surface area contributed by atoms with Crippen molar-refractivity contribution in [3.8, 4) is 11.4 Å². The molecule has 0 fully saturated rings. The number of amides is 1. The van der Waals surface area contributed by atoms with Crippen LogP contribution in [-0.2, 0) is 27.3 Å². The largest absolute Gasteiger partial charge is 0.466 e. The average Bonchev–Trinajstić information content (AvgIpc) is 3.08. The van der Waals surface area contributed by atoms with Crippen LogP contribution in [0.4, 0.5) is 0 Å². The Kier molecular flexibility index (Phi) is 5.28. The predicted octanol–water partition coefficient (Wildman–Crippen LogP) is 1.96. The first-order chi connectivity index (χ1) is 12.2. The Balaban J connectivity index is 1.60. The van der Waals surface area contributed by atoms with Gasteiger partial charge in [-0.25, -0.2) is 9.78 Å². The lowest BCUT2D eigenvalue weighted by Gasteiger charge is -2.24. The molecule has 1 N–H and O–H groups in total. The molecule has 25 heavy (non-hydrogen) atoms. The number of nitrogens with zero attached hydrogens (tertiary/aromatic N) is 2. The fourth-order valence-electron chi connectivity index (χ4n) is 3.03. The number of fused-ring (bicyclic) bond motifs is 1. The number of nitrogens with one attached hydrogen (secondary N) is 1. The highest BCUT2D eigenvalue weighted by molar-refractivity contribution is 5.82. The van der Waals surface area contributed by atoms with E-state index in [2.05, 4.69) is 19.6 Å². The number of methoxy groups -OCH3 is 1. The summed E-state index contributed by atoms with van der Waals surface area (Å²) in [4.78, 5) is 27.8. The van der Waals surface area contributed by atoms with E-state index in [1.54, 1.807) is 6.08 Å². The molecule has 130 valence electrons. The number of rotatable bonds is 5. The van der Waals surface area contributed by atoms with Crippen molar-refractivity contribution in [1.29, 1.82) is 0 Å². The Morgan fingerprint density at radius 3 is 2.92 bits per heavy atom. The van der Waals surface area contributed by atoms with Gasteiger partial charge in [-0.3, -0.25) is 4.79 Å². The first-order valence-electron chi connectivity index (χ1n) is 8.31. The molecule has 3 rings (SSSR count). The van der Waals surface area contributed by atoms with Crippen LogP contribution < -0.4 is 5.32 Å². The summed E-state index contributed by atoms with van der Waals surface area (Å²) < 4.78 is 6.69. The highest BCUT2D eigenvalue weighted by atomic mass is 16.5. The summed E-state index contributed by atoms with van der Waals surface area (Å²) in [7, 11) is 1.32. The van der Waals surface area contributed by atoms with Crippen molar-refractivity contribution in [2.45, 2.75) is 19.4 Å². The molecule has 1 aliphatic heterocycles. The molecule has 1 aromatic heterocycles. The Bertz CT molecular complexity index is 780. The molecule has 2 aromatic rings. The Hall–Kier alpha value is -2.89. The maximum absolute atomic E-state index is 12.3. The van der Waals surface area contributed by atoms with Gasteiger partial charge in [0.2, 0.25) is 5.91 Å². The summed E-state index contributed by atoms with van der Waals surface area (Å²) in [5.41, 5.74) is 2.17. The van der Waals surface area contributed by atoms with Crippen molar-refractivity contribution in [2.24, 2.45) is 5.92 Å². The number of ether oxygens (including phenoxy) is 1. The van der Waals surface area contributed by atoms with E-state index in [1.807, 2.05) is 36.5 Å². The Morgan fingerprint density at radius 1 is 1.36 bits per heavy atom. The lowest BCUT2D eigenvalue weighted by molar-refractivity contribution is -0.135. The molecule has 6 nitrogen and oxygen atoms in total. The van der Waals surface area contributed by atoms with Gasteiger partial charge >= 0.3 is 5.97 Å². The number of carbonyl (C=O) groups excluding carboxylic acids is 2. The van der Waals surface area contributed by atoms with Crippen LogP contribution in [0.25, 0.3) is 11.4 Å². The Labute approximate surface area is 146 Å². The first kappa shape index (κ1) is 17.0. The summed E-state index contributed by atoms with van der Waals surface area (Å²) in [5, 5.41) is 2.84. The third-order valence-corrected chi connectivity index (χ3v) is 4.35. The molecule has 0 saturated heterocycles. The third-order valence-electron chi connectivity index (χ3n) is 4.35. The van der Waals surface area contributed by atoms with E-state index in [9.17, 15) is 9.59 Å². The minimum Gasteiger partial charge on any atom is -0.466 e. The van der Waals surface area contributed by atoms with Gasteiger partial charge in [0, 0.05) is 49.0 Å². The minimum atomic E-state index is -0.427. The van der Waals surface area contributed by atoms with Crippen molar-refractivity contribution in [3.05, 3.63) is 54.4 Å². The van der Waals surface area contributed by atoms with E-state index in [4.69, 9.17) is 0 Å². The number of imidazole rings is 1. The normalized spacial score (nSPS) is 16.4. The summed E-state index contributed by atoms with van der Waals surface area (Å²) in [6, 6.07) is 10.1. The number of hydrogen-bond acceptors (Lipinski definition) is 4. The lowest BCUT2D eigenvalue weighted by atomic mass is 9.95. The highest BCUT2D eigenvalue weighted by Crippen LogP contribution is 2.27. The van der Waals surface area contributed by atoms with Crippen molar-refractivity contribution < 1.29 is 14.3 Å². The van der Waals surface area contributed by atoms with E-state index >= 15 is 0 Å². The predicted molar refractivity (Wildman–Crippen MR) is 93.6 cm³/mol. The molecule has 1 unspecified atom stereocenters. The van der Waals surface area contributed by atoms with Crippen LogP contribution in [0.15, 0.2) is 48.7 Å². The van der Waals surface area contributed by atoms with Crippen LogP contribution in [0.1, 0.15) is 12.1 Å². The van der Waals surface area contributed by atoms with Crippen LogP contribution >= 0.6 is 0 Å². The summed E-state index contributed by atoms with van der Waals surface area (Å²) in [5.74, 6) is 0.460. The second-order valence-electron chi connectivity index (χ2n) is 5.95. The topological polar surface area (TPSA) is 73.2 Å². The Morgan fingerprint density at radius 2 is 2.16 bits per heavy atom. The van der Waals surface area contributed by atoms with Crippen LogP contribution in [0, 0.1) is 5.92 Å². The van der Waals surface area contributed by atoms with Gasteiger partial charge in [-0.1, -0.05) is 36.4 Å². The number of benzene rings is 1. The maximum Gasteiger partial charge on any atom is 0.330 e. The third kappa shape index (κ3) is 3.96. The van der Waals surface area contributed by atoms with Gasteiger partial charge < -0.3 is 14.6 Å². The molecule has 1 aromatic carbocycles. The van der Waals surface area contributed by atoms with E-state index in [-0.39, 0.29) is 11.8 Å². The van der Waals surface area contributed by atoms with E-state index in [0.29, 0.717) is 13.0 Å². The smallest absolute Gasteiger partial charge is 0.330 e. The molecule has 0 spiro atoms. The monoisotopic (exact) mass is 339 g/mol. The standard InChI is InChI=1S/C19H21N3O3/c1-25-17(23)8-5-10-20-19(24)15-9-11-22-16(12-15)13-21-18(22)14-6-3-2-4-7-14/h2-8,13,15H,9-12H2,1H3,(H,20,24)/b8-5+. The van der Waals surface area contributed by atoms with Crippen LogP contribution in [0.2, 0.25) is 0 Å². The highest BCUT2D eigenvalue weighted by Gasteiger charge is 2.26. The van der Waals surface area contributed by atoms with Crippen LogP contribution in [0.5, 0.6) is 0 Å². The number of hydrogen-bond donors (Lipinski definition) is 1. The molecule has 0 radical (unpaired) electrons. The fraction of sp³-hybridized carbons (Fsp3) is 0.316. The summed E-state index contributed by atoms with van der Waals surface area (Å²) in [6.45, 7) is 1.09. The molecule has 1 aliphatic rings. The second-order valence-corrected chi connectivity index (χ2v) is 5.95. The van der Waals surface area contributed by atoms with Crippen LogP contribution in [0.3, 0.4) is 0 Å². The fourth-order valence-corrected chi connectivity index (χ4v) is 3.03. The summed E-state index contributed by atoms with van der Waals surface area (Å²) in [6.07, 6.45) is 6.20. The zero-order valence-corrected chi connectivity index (χ0v) is 14.1. The van der Waals surface area contributed by atoms with E-state index < -0.39 is 5.97 Å². The SMILES string of the molecule is COC(=O)/C=C/CNC(=O)C1CCn2c(cnc2-c2ccccc2)C1. The van der Waals surface area contributed by atoms with Gasteiger partial charge in [-0.15, -0.1) is 0 Å². The van der Waals surface area contributed by atoms with Gasteiger partial charge in [0.1, 0.15) is 5.82 Å². The quantitative estimate of drug-likeness (QED) is 0.668. The van der Waals surface area contributed by atoms with E-state index in [0.717, 1.165) is 30.0 Å². The van der Waals surface area contributed by atoms with Gasteiger partial charge in [-0.05, 0) is 6.42 Å². The van der Waals surface area contributed by atoms with E-state index in [1.165, 1.54) is 13.2 Å². The molecule has 0 aliphatic carbocycles. The number of aromatic nitrogens is 2. The molecular weight excluding hydrogens is 318 g/mol. The number of carbonyl (C=O) groups is 2. The van der Waals surface area contributed by atoms with Gasteiger partial charge in [-0.2, -0.15) is 0 Å². The van der Waals surface area contributed by atoms with Crippen molar-refractivity contribution in [1.82, 2.24) is 14.9 Å². The molecule has 0 saturated carbocycles. The number of esters is 1. The first-order valence-corrected chi connectivity index (χ1v) is 8.31. The zero-order chi connectivity index (χ0) is 17.6. The summed E-state index contributed by atoms with van der Waals surface area (Å²) >= 11 is 0. The molecule has 1 atom stereocenters. The maximum atomic E-state index is 12.3. The average molecular weight is 339 g/mol. The van der Waals surface area contributed by atoms with Crippen molar-refractivity contribution in [2.75, 3.05) is 13.7 Å². The molecule has 0 bridgehead atoms. The minimum absolute atomic E-state index is 0.00299. The molecule has 6 heteroatoms. The van der Waals surface area contributed by atoms with Crippen molar-refractivity contribution >= 4 is 11.9 Å². The second kappa shape index (κ2) is 7.79. The van der Waals surface area contributed by atoms with Gasteiger partial charge in [0.25, 0.3) is 0 Å². The van der Waals surface area contributed by atoms with Crippen LogP contribution in [-0.4, -0.2) is 35.1 Å². The van der Waals surface area contributed by atoms with Crippen molar-refractivity contribution in [3.63, 3.8) is 0 Å². The zero-order valence-electron chi connectivity index (χ0n) is 14.1. The van der Waals surface area contributed by atoms with Gasteiger partial charge in [0.15, 0.2) is 0 Å².